The Balaban J connectivity index is 1.66. The maximum atomic E-state index is 14.0. The van der Waals surface area contributed by atoms with Gasteiger partial charge >= 0.3 is 0 Å². The predicted molar refractivity (Wildman–Crippen MR) is 169 cm³/mol. The van der Waals surface area contributed by atoms with Crippen LogP contribution < -0.4 is 9.47 Å². The van der Waals surface area contributed by atoms with E-state index in [0.717, 1.165) is 68.4 Å². The van der Waals surface area contributed by atoms with Crippen molar-refractivity contribution in [1.82, 2.24) is 4.90 Å². The van der Waals surface area contributed by atoms with Crippen LogP contribution in [0.3, 0.4) is 0 Å². The normalized spacial score (nSPS) is 20.2. The Morgan fingerprint density at radius 1 is 0.878 bits per heavy atom. The minimum Gasteiger partial charge on any atom is -0.493 e. The maximum absolute atomic E-state index is 14.0. The Hall–Kier alpha value is -2.38. The second-order valence-electron chi connectivity index (χ2n) is 13.1. The minimum atomic E-state index is -0.428. The third-order valence-electron chi connectivity index (χ3n) is 8.38. The number of hydrogen-bond donors (Lipinski definition) is 0. The second-order valence-corrected chi connectivity index (χ2v) is 14.8. The van der Waals surface area contributed by atoms with Crippen LogP contribution in [-0.2, 0) is 16.2 Å². The highest BCUT2D eigenvalue weighted by atomic mass is 79.9. The van der Waals surface area contributed by atoms with Gasteiger partial charge in [0.25, 0.3) is 0 Å². The Labute approximate surface area is 260 Å². The number of Topliss-reactive ketones (excluding diaryl/α,β-unsaturated/α-hetero) is 2. The molecular formula is C34H39Br2NO4. The molecule has 5 nitrogen and oxygen atoms in total. The molecule has 0 unspecified atom stereocenters. The van der Waals surface area contributed by atoms with E-state index >= 15 is 0 Å². The molecule has 1 aliphatic heterocycles. The first kappa shape index (κ1) is 30.1. The number of nitrogens with zero attached hydrogens (tertiary/aromatic N) is 1. The molecule has 2 aromatic rings. The fourth-order valence-electron chi connectivity index (χ4n) is 6.69. The zero-order valence-electron chi connectivity index (χ0n) is 24.8. The summed E-state index contributed by atoms with van der Waals surface area (Å²) >= 11 is 7.34. The van der Waals surface area contributed by atoms with Crippen LogP contribution in [0, 0.1) is 10.8 Å². The number of carbonyl (C=O) groups excluding carboxylic acids is 2. The molecule has 0 saturated carbocycles. The average molecular weight is 685 g/mol. The Morgan fingerprint density at radius 2 is 1.46 bits per heavy atom. The molecule has 7 heteroatoms. The van der Waals surface area contributed by atoms with E-state index in [1.54, 1.807) is 7.11 Å². The number of methoxy groups -OCH3 is 1. The van der Waals surface area contributed by atoms with Gasteiger partial charge in [-0.05, 0) is 69.8 Å². The van der Waals surface area contributed by atoms with Gasteiger partial charge in [-0.1, -0.05) is 68.7 Å². The third-order valence-corrected chi connectivity index (χ3v) is 9.75. The van der Waals surface area contributed by atoms with Gasteiger partial charge in [0, 0.05) is 57.9 Å². The molecule has 3 aliphatic rings. The van der Waals surface area contributed by atoms with Crippen molar-refractivity contribution in [1.29, 1.82) is 0 Å². The van der Waals surface area contributed by atoms with Gasteiger partial charge in [-0.25, -0.2) is 0 Å². The van der Waals surface area contributed by atoms with Gasteiger partial charge in [-0.3, -0.25) is 9.59 Å². The molecule has 5 rings (SSSR count). The van der Waals surface area contributed by atoms with Crippen LogP contribution in [0.2, 0.25) is 0 Å². The summed E-state index contributed by atoms with van der Waals surface area (Å²) in [5.74, 6) is 0.995. The summed E-state index contributed by atoms with van der Waals surface area (Å²) in [5, 5.41) is 0. The first-order chi connectivity index (χ1) is 19.4. The average Bonchev–Trinajstić information content (AvgIpc) is 2.88. The number of rotatable bonds is 7. The van der Waals surface area contributed by atoms with E-state index in [2.05, 4.69) is 71.4 Å². The monoisotopic (exact) mass is 683 g/mol. The van der Waals surface area contributed by atoms with Gasteiger partial charge in [-0.2, -0.15) is 0 Å². The van der Waals surface area contributed by atoms with Gasteiger partial charge in [0.1, 0.15) is 6.61 Å². The number of allylic oxidation sites excluding steroid dienone is 4. The number of benzene rings is 2. The van der Waals surface area contributed by atoms with Gasteiger partial charge in [0.2, 0.25) is 0 Å². The van der Waals surface area contributed by atoms with Crippen molar-refractivity contribution < 1.29 is 19.1 Å². The fourth-order valence-corrected chi connectivity index (χ4v) is 7.66. The van der Waals surface area contributed by atoms with Crippen LogP contribution in [0.1, 0.15) is 83.8 Å². The lowest BCUT2D eigenvalue weighted by atomic mass is 9.63. The standard InChI is InChI=1S/C34H39Br2NO4/c1-7-12-37-24-15-33(2,3)17-26(38)30(24)29(31-25(37)16-34(4,5)18-27(31)39)21-13-23(36)32(28(14-21)40-6)41-19-20-10-8-9-11-22(20)35/h8-11,13-14,29H,7,12,15-19H2,1-6H3. The van der Waals surface area contributed by atoms with Crippen LogP contribution in [-0.4, -0.2) is 30.1 Å². The predicted octanol–water partition coefficient (Wildman–Crippen LogP) is 8.89. The van der Waals surface area contributed by atoms with Crippen LogP contribution in [0.4, 0.5) is 0 Å². The van der Waals surface area contributed by atoms with E-state index in [1.165, 1.54) is 0 Å². The molecule has 0 aromatic heterocycles. The minimum absolute atomic E-state index is 0.135. The van der Waals surface area contributed by atoms with Gasteiger partial charge in [0.05, 0.1) is 11.6 Å². The van der Waals surface area contributed by atoms with Crippen LogP contribution in [0.15, 0.2) is 67.9 Å². The molecule has 0 saturated heterocycles. The quantitative estimate of drug-likeness (QED) is 0.292. The number of ketones is 2. The van der Waals surface area contributed by atoms with Gasteiger partial charge in [0.15, 0.2) is 23.1 Å². The maximum Gasteiger partial charge on any atom is 0.175 e. The Morgan fingerprint density at radius 3 is 2.00 bits per heavy atom. The lowest BCUT2D eigenvalue weighted by Crippen LogP contribution is -2.44. The van der Waals surface area contributed by atoms with E-state index in [0.29, 0.717) is 30.9 Å². The SMILES string of the molecule is CCCN1C2=C(C(=O)CC(C)(C)C2)C(c2cc(Br)c(OCc3ccccc3Br)c(OC)c2)C2=C1CC(C)(C)CC2=O. The summed E-state index contributed by atoms with van der Waals surface area (Å²) in [7, 11) is 1.62. The van der Waals surface area contributed by atoms with E-state index in [1.807, 2.05) is 36.4 Å². The van der Waals surface area contributed by atoms with Crippen molar-refractivity contribution in [3.8, 4) is 11.5 Å². The van der Waals surface area contributed by atoms with Gasteiger partial charge in [-0.15, -0.1) is 0 Å². The molecular weight excluding hydrogens is 646 g/mol. The number of hydrogen-bond acceptors (Lipinski definition) is 5. The lowest BCUT2D eigenvalue weighted by Gasteiger charge is -2.49. The molecule has 0 spiro atoms. The topological polar surface area (TPSA) is 55.8 Å². The number of carbonyl (C=O) groups is 2. The van der Waals surface area contributed by atoms with Crippen molar-refractivity contribution in [3.05, 3.63) is 79.0 Å². The molecule has 0 radical (unpaired) electrons. The van der Waals surface area contributed by atoms with Crippen LogP contribution >= 0.6 is 31.9 Å². The van der Waals surface area contributed by atoms with E-state index in [-0.39, 0.29) is 22.4 Å². The fraction of sp³-hybridized carbons (Fsp3) is 0.471. The van der Waals surface area contributed by atoms with E-state index in [4.69, 9.17) is 9.47 Å². The summed E-state index contributed by atoms with van der Waals surface area (Å²) in [5.41, 5.74) is 5.35. The first-order valence-electron chi connectivity index (χ1n) is 14.4. The van der Waals surface area contributed by atoms with Crippen LogP contribution in [0.5, 0.6) is 11.5 Å². The number of halogens is 2. The summed E-state index contributed by atoms with van der Waals surface area (Å²) in [6.07, 6.45) is 3.49. The summed E-state index contributed by atoms with van der Waals surface area (Å²) < 4.78 is 13.8. The van der Waals surface area contributed by atoms with Gasteiger partial charge < -0.3 is 14.4 Å². The van der Waals surface area contributed by atoms with Crippen molar-refractivity contribution >= 4 is 43.4 Å². The smallest absolute Gasteiger partial charge is 0.175 e. The summed E-state index contributed by atoms with van der Waals surface area (Å²) in [6, 6.07) is 11.9. The van der Waals surface area contributed by atoms with Crippen LogP contribution in [0.25, 0.3) is 0 Å². The lowest BCUT2D eigenvalue weighted by molar-refractivity contribution is -0.119. The van der Waals surface area contributed by atoms with E-state index < -0.39 is 5.92 Å². The third kappa shape index (κ3) is 5.81. The van der Waals surface area contributed by atoms with Crippen molar-refractivity contribution in [2.45, 2.75) is 79.2 Å². The second kappa shape index (κ2) is 11.4. The molecule has 0 amide bonds. The highest BCUT2D eigenvalue weighted by Gasteiger charge is 2.49. The number of ether oxygens (including phenoxy) is 2. The summed E-state index contributed by atoms with van der Waals surface area (Å²) in [4.78, 5) is 30.3. The first-order valence-corrected chi connectivity index (χ1v) is 16.0. The molecule has 0 fully saturated rings. The molecule has 0 N–H and O–H groups in total. The Bertz CT molecular complexity index is 1420. The van der Waals surface area contributed by atoms with Crippen molar-refractivity contribution in [2.24, 2.45) is 10.8 Å². The van der Waals surface area contributed by atoms with E-state index in [9.17, 15) is 9.59 Å². The highest BCUT2D eigenvalue weighted by molar-refractivity contribution is 9.10. The molecule has 0 atom stereocenters. The molecule has 1 heterocycles. The van der Waals surface area contributed by atoms with Crippen molar-refractivity contribution in [2.75, 3.05) is 13.7 Å². The summed E-state index contributed by atoms with van der Waals surface area (Å²) in [6.45, 7) is 12.0. The van der Waals surface area contributed by atoms with Crippen molar-refractivity contribution in [3.63, 3.8) is 0 Å². The molecule has 0 bridgehead atoms. The zero-order chi connectivity index (χ0) is 29.7. The molecule has 2 aromatic carbocycles. The Kier molecular flexibility index (Phi) is 8.34. The highest BCUT2D eigenvalue weighted by Crippen LogP contribution is 2.55. The molecule has 41 heavy (non-hydrogen) atoms. The zero-order valence-corrected chi connectivity index (χ0v) is 28.0. The molecule has 218 valence electrons. The largest absolute Gasteiger partial charge is 0.493 e. The molecule has 2 aliphatic carbocycles.